The van der Waals surface area contributed by atoms with Crippen molar-refractivity contribution >= 4 is 5.91 Å². The average molecular weight is 302 g/mol. The molecule has 0 spiro atoms. The van der Waals surface area contributed by atoms with E-state index in [2.05, 4.69) is 9.80 Å². The Morgan fingerprint density at radius 2 is 1.73 bits per heavy atom. The first-order valence-corrected chi connectivity index (χ1v) is 8.52. The van der Waals surface area contributed by atoms with E-state index in [-0.39, 0.29) is 0 Å². The van der Waals surface area contributed by atoms with Crippen LogP contribution in [0.4, 0.5) is 0 Å². The fourth-order valence-electron chi connectivity index (χ4n) is 3.43. The molecule has 1 heterocycles. The molecule has 0 N–H and O–H groups in total. The number of nitrogens with zero attached hydrogens (tertiary/aromatic N) is 2. The highest BCUT2D eigenvalue weighted by Crippen LogP contribution is 2.26. The topological polar surface area (TPSA) is 32.8 Å². The average Bonchev–Trinajstić information content (AvgIpc) is 3.10. The quantitative estimate of drug-likeness (QED) is 0.837. The molecular formula is C18H26N2O2. The third-order valence-corrected chi connectivity index (χ3v) is 4.81. The molecule has 120 valence electrons. The minimum atomic E-state index is 0.313. The zero-order valence-corrected chi connectivity index (χ0v) is 13.2. The lowest BCUT2D eigenvalue weighted by molar-refractivity contribution is -0.137. The predicted octanol–water partition coefficient (Wildman–Crippen LogP) is 2.40. The van der Waals surface area contributed by atoms with Crippen LogP contribution < -0.4 is 4.74 Å². The number of rotatable bonds is 5. The summed E-state index contributed by atoms with van der Waals surface area (Å²) in [6, 6.07) is 9.94. The number of hydrogen-bond donors (Lipinski definition) is 0. The van der Waals surface area contributed by atoms with Crippen LogP contribution in [-0.2, 0) is 4.79 Å². The van der Waals surface area contributed by atoms with Crippen LogP contribution in [0, 0.1) is 5.92 Å². The van der Waals surface area contributed by atoms with Gasteiger partial charge >= 0.3 is 0 Å². The summed E-state index contributed by atoms with van der Waals surface area (Å²) in [6.07, 6.45) is 4.66. The van der Waals surface area contributed by atoms with Crippen molar-refractivity contribution in [2.24, 2.45) is 5.92 Å². The van der Waals surface area contributed by atoms with Crippen molar-refractivity contribution in [3.63, 3.8) is 0 Å². The number of amides is 1. The number of carbonyl (C=O) groups is 1. The van der Waals surface area contributed by atoms with Crippen LogP contribution in [0.3, 0.4) is 0 Å². The van der Waals surface area contributed by atoms with Crippen molar-refractivity contribution in [2.75, 3.05) is 39.3 Å². The molecule has 0 bridgehead atoms. The Morgan fingerprint density at radius 1 is 1.05 bits per heavy atom. The molecule has 0 aromatic heterocycles. The smallest absolute Gasteiger partial charge is 0.225 e. The Kier molecular flexibility index (Phi) is 5.33. The summed E-state index contributed by atoms with van der Waals surface area (Å²) < 4.78 is 5.74. The number of piperazine rings is 1. The Morgan fingerprint density at radius 3 is 2.41 bits per heavy atom. The fraction of sp³-hybridized carbons (Fsp3) is 0.611. The summed E-state index contributed by atoms with van der Waals surface area (Å²) in [4.78, 5) is 16.9. The fourth-order valence-corrected chi connectivity index (χ4v) is 3.43. The molecule has 1 aliphatic carbocycles. The largest absolute Gasteiger partial charge is 0.492 e. The standard InChI is InChI=1S/C18H26N2O2/c21-18(16-6-4-5-7-16)20-12-10-19(11-13-20)14-15-22-17-8-2-1-3-9-17/h1-3,8-9,16H,4-7,10-15H2. The lowest BCUT2D eigenvalue weighted by atomic mass is 10.1. The minimum Gasteiger partial charge on any atom is -0.492 e. The molecule has 0 unspecified atom stereocenters. The summed E-state index contributed by atoms with van der Waals surface area (Å²) in [5, 5.41) is 0. The molecule has 1 saturated carbocycles. The second-order valence-corrected chi connectivity index (χ2v) is 6.31. The van der Waals surface area contributed by atoms with Crippen molar-refractivity contribution in [3.8, 4) is 5.75 Å². The highest BCUT2D eigenvalue weighted by atomic mass is 16.5. The molecule has 0 radical (unpaired) electrons. The normalized spacial score (nSPS) is 20.3. The van der Waals surface area contributed by atoms with E-state index in [1.165, 1.54) is 12.8 Å². The maximum atomic E-state index is 12.4. The first kappa shape index (κ1) is 15.3. The molecule has 2 aliphatic rings. The van der Waals surface area contributed by atoms with Crippen LogP contribution in [0.2, 0.25) is 0 Å². The molecule has 4 heteroatoms. The van der Waals surface area contributed by atoms with E-state index >= 15 is 0 Å². The lowest BCUT2D eigenvalue weighted by Crippen LogP contribution is -2.50. The van der Waals surface area contributed by atoms with Gasteiger partial charge in [-0.15, -0.1) is 0 Å². The van der Waals surface area contributed by atoms with Gasteiger partial charge in [-0.3, -0.25) is 9.69 Å². The molecule has 2 fully saturated rings. The Bertz CT molecular complexity index is 463. The molecule has 3 rings (SSSR count). The summed E-state index contributed by atoms with van der Waals surface area (Å²) in [5.41, 5.74) is 0. The SMILES string of the molecule is O=C(C1CCCC1)N1CCN(CCOc2ccccc2)CC1. The molecule has 0 atom stereocenters. The summed E-state index contributed by atoms with van der Waals surface area (Å²) in [5.74, 6) is 1.64. The van der Waals surface area contributed by atoms with Crippen LogP contribution in [0.25, 0.3) is 0 Å². The Hall–Kier alpha value is -1.55. The van der Waals surface area contributed by atoms with Crippen molar-refractivity contribution in [3.05, 3.63) is 30.3 Å². The van der Waals surface area contributed by atoms with Crippen molar-refractivity contribution in [2.45, 2.75) is 25.7 Å². The second-order valence-electron chi connectivity index (χ2n) is 6.31. The molecule has 1 amide bonds. The van der Waals surface area contributed by atoms with E-state index in [0.29, 0.717) is 18.4 Å². The van der Waals surface area contributed by atoms with Gasteiger partial charge in [-0.05, 0) is 25.0 Å². The number of carbonyl (C=O) groups excluding carboxylic acids is 1. The summed E-state index contributed by atoms with van der Waals surface area (Å²) >= 11 is 0. The maximum absolute atomic E-state index is 12.4. The second kappa shape index (κ2) is 7.63. The van der Waals surface area contributed by atoms with Gasteiger partial charge in [0.25, 0.3) is 0 Å². The number of benzene rings is 1. The number of para-hydroxylation sites is 1. The van der Waals surface area contributed by atoms with Crippen LogP contribution in [0.1, 0.15) is 25.7 Å². The van der Waals surface area contributed by atoms with Gasteiger partial charge in [0.05, 0.1) is 0 Å². The van der Waals surface area contributed by atoms with Gasteiger partial charge in [0.1, 0.15) is 12.4 Å². The summed E-state index contributed by atoms with van der Waals surface area (Å²) in [6.45, 7) is 5.33. The van der Waals surface area contributed by atoms with E-state index in [1.54, 1.807) is 0 Å². The lowest BCUT2D eigenvalue weighted by Gasteiger charge is -2.35. The third-order valence-electron chi connectivity index (χ3n) is 4.81. The molecule has 22 heavy (non-hydrogen) atoms. The van der Waals surface area contributed by atoms with Gasteiger partial charge < -0.3 is 9.64 Å². The minimum absolute atomic E-state index is 0.313. The van der Waals surface area contributed by atoms with Gasteiger partial charge in [0.15, 0.2) is 0 Å². The van der Waals surface area contributed by atoms with Gasteiger partial charge in [-0.25, -0.2) is 0 Å². The monoisotopic (exact) mass is 302 g/mol. The van der Waals surface area contributed by atoms with Crippen LogP contribution in [0.15, 0.2) is 30.3 Å². The zero-order valence-electron chi connectivity index (χ0n) is 13.2. The molecule has 1 aliphatic heterocycles. The highest BCUT2D eigenvalue weighted by molar-refractivity contribution is 5.79. The van der Waals surface area contributed by atoms with Gasteiger partial charge in [-0.2, -0.15) is 0 Å². The Balaban J connectivity index is 1.36. The van der Waals surface area contributed by atoms with Crippen LogP contribution in [0.5, 0.6) is 5.75 Å². The maximum Gasteiger partial charge on any atom is 0.225 e. The zero-order chi connectivity index (χ0) is 15.2. The van der Waals surface area contributed by atoms with Crippen molar-refractivity contribution in [1.29, 1.82) is 0 Å². The van der Waals surface area contributed by atoms with E-state index in [1.807, 2.05) is 30.3 Å². The molecule has 4 nitrogen and oxygen atoms in total. The molecular weight excluding hydrogens is 276 g/mol. The van der Waals surface area contributed by atoms with E-state index in [0.717, 1.165) is 51.3 Å². The van der Waals surface area contributed by atoms with E-state index in [9.17, 15) is 4.79 Å². The predicted molar refractivity (Wildman–Crippen MR) is 86.9 cm³/mol. The third kappa shape index (κ3) is 4.01. The first-order valence-electron chi connectivity index (χ1n) is 8.52. The molecule has 1 saturated heterocycles. The van der Waals surface area contributed by atoms with Gasteiger partial charge in [0.2, 0.25) is 5.91 Å². The van der Waals surface area contributed by atoms with Gasteiger partial charge in [0, 0.05) is 38.6 Å². The van der Waals surface area contributed by atoms with Crippen LogP contribution >= 0.6 is 0 Å². The molecule has 1 aromatic carbocycles. The van der Waals surface area contributed by atoms with Crippen molar-refractivity contribution < 1.29 is 9.53 Å². The highest BCUT2D eigenvalue weighted by Gasteiger charge is 2.29. The van der Waals surface area contributed by atoms with Crippen molar-refractivity contribution in [1.82, 2.24) is 9.80 Å². The van der Waals surface area contributed by atoms with E-state index in [4.69, 9.17) is 4.74 Å². The number of ether oxygens (including phenoxy) is 1. The summed E-state index contributed by atoms with van der Waals surface area (Å²) in [7, 11) is 0. The Labute approximate surface area is 133 Å². The molecule has 1 aromatic rings. The van der Waals surface area contributed by atoms with Gasteiger partial charge in [-0.1, -0.05) is 31.0 Å². The van der Waals surface area contributed by atoms with E-state index < -0.39 is 0 Å². The first-order chi connectivity index (χ1) is 10.8. The number of hydrogen-bond acceptors (Lipinski definition) is 3. The van der Waals surface area contributed by atoms with Crippen LogP contribution in [-0.4, -0.2) is 55.0 Å².